The summed E-state index contributed by atoms with van der Waals surface area (Å²) in [7, 11) is -4.09. The van der Waals surface area contributed by atoms with Crippen LogP contribution in [0.4, 0.5) is 5.69 Å². The van der Waals surface area contributed by atoms with E-state index >= 15 is 0 Å². The van der Waals surface area contributed by atoms with Gasteiger partial charge in [-0.15, -0.1) is 0 Å². The number of nitrogens with one attached hydrogen (secondary N) is 1. The van der Waals surface area contributed by atoms with Crippen LogP contribution in [0, 0.1) is 27.7 Å². The van der Waals surface area contributed by atoms with Gasteiger partial charge in [-0.1, -0.05) is 78.6 Å². The summed E-state index contributed by atoms with van der Waals surface area (Å²) in [5.74, 6) is -0.734. The minimum atomic E-state index is -4.09. The number of nitrogens with zero attached hydrogens (tertiary/aromatic N) is 2. The Labute approximate surface area is 239 Å². The smallest absolute Gasteiger partial charge is 0.264 e. The molecule has 3 aromatic rings. The van der Waals surface area contributed by atoms with E-state index in [2.05, 4.69) is 5.32 Å². The van der Waals surface area contributed by atoms with Crippen molar-refractivity contribution >= 4 is 27.5 Å². The predicted octanol–water partition coefficient (Wildman–Crippen LogP) is 5.45. The van der Waals surface area contributed by atoms with Crippen LogP contribution in [0.1, 0.15) is 54.5 Å². The Morgan fingerprint density at radius 3 is 2.00 bits per heavy atom. The van der Waals surface area contributed by atoms with Gasteiger partial charge in [-0.25, -0.2) is 8.42 Å². The molecule has 1 unspecified atom stereocenters. The number of sulfonamides is 1. The maximum atomic E-state index is 14.0. The van der Waals surface area contributed by atoms with Gasteiger partial charge >= 0.3 is 0 Å². The lowest BCUT2D eigenvalue weighted by molar-refractivity contribution is -0.139. The number of amides is 2. The normalized spacial score (nSPS) is 12.1. The number of carbonyl (C=O) groups is 2. The van der Waals surface area contributed by atoms with Crippen molar-refractivity contribution in [2.75, 3.05) is 17.4 Å². The van der Waals surface area contributed by atoms with Crippen molar-refractivity contribution in [3.8, 4) is 0 Å². The van der Waals surface area contributed by atoms with Crippen LogP contribution in [0.3, 0.4) is 0 Å². The number of carbonyl (C=O) groups excluding carboxylic acids is 2. The Bertz CT molecular complexity index is 1420. The third kappa shape index (κ3) is 7.72. The second-order valence-corrected chi connectivity index (χ2v) is 12.3. The van der Waals surface area contributed by atoms with E-state index in [1.807, 2.05) is 71.0 Å². The summed E-state index contributed by atoms with van der Waals surface area (Å²) in [5, 5.41) is 2.91. The Morgan fingerprint density at radius 2 is 1.43 bits per heavy atom. The molecule has 8 heteroatoms. The summed E-state index contributed by atoms with van der Waals surface area (Å²) in [4.78, 5) is 28.7. The molecule has 0 fully saturated rings. The molecule has 0 aliphatic heterocycles. The molecule has 0 saturated heterocycles. The summed E-state index contributed by atoms with van der Waals surface area (Å²) < 4.78 is 29.1. The second kappa shape index (κ2) is 13.6. The van der Waals surface area contributed by atoms with Gasteiger partial charge in [0, 0.05) is 13.1 Å². The van der Waals surface area contributed by atoms with Gasteiger partial charge in [-0.2, -0.15) is 0 Å². The second-order valence-electron chi connectivity index (χ2n) is 10.4. The van der Waals surface area contributed by atoms with E-state index in [0.29, 0.717) is 12.2 Å². The van der Waals surface area contributed by atoms with Crippen molar-refractivity contribution in [1.29, 1.82) is 0 Å². The third-order valence-electron chi connectivity index (χ3n) is 6.98. The van der Waals surface area contributed by atoms with Crippen LogP contribution >= 0.6 is 0 Å². The van der Waals surface area contributed by atoms with E-state index < -0.39 is 28.5 Å². The number of anilines is 1. The first-order valence-electron chi connectivity index (χ1n) is 13.7. The standard InChI is InChI=1S/C32H41N3O4S/c1-7-8-19-33-32(37)27(6)34(21-28-14-9-23(2)10-15-28)31(36)22-35(30-18-13-25(4)20-26(30)5)40(38,39)29-16-11-24(3)12-17-29/h9-18,20,27H,7-8,19,21-22H2,1-6H3,(H,33,37). The quantitative estimate of drug-likeness (QED) is 0.297. The van der Waals surface area contributed by atoms with Gasteiger partial charge in [0.1, 0.15) is 12.6 Å². The molecule has 0 saturated carbocycles. The van der Waals surface area contributed by atoms with E-state index in [-0.39, 0.29) is 17.3 Å². The van der Waals surface area contributed by atoms with Crippen LogP contribution in [-0.4, -0.2) is 44.3 Å². The first-order valence-corrected chi connectivity index (χ1v) is 15.2. The van der Waals surface area contributed by atoms with E-state index in [1.54, 1.807) is 37.3 Å². The van der Waals surface area contributed by atoms with Gasteiger partial charge in [-0.05, 0) is 70.4 Å². The number of rotatable bonds is 12. The maximum absolute atomic E-state index is 14.0. The zero-order valence-corrected chi connectivity index (χ0v) is 25.2. The number of hydrogen-bond donors (Lipinski definition) is 1. The van der Waals surface area contributed by atoms with Crippen molar-refractivity contribution in [3.63, 3.8) is 0 Å². The molecule has 7 nitrogen and oxygen atoms in total. The molecule has 214 valence electrons. The number of aryl methyl sites for hydroxylation is 4. The SMILES string of the molecule is CCCCNC(=O)C(C)N(Cc1ccc(C)cc1)C(=O)CN(c1ccc(C)cc1C)S(=O)(=O)c1ccc(C)cc1. The number of hydrogen-bond acceptors (Lipinski definition) is 4. The van der Waals surface area contributed by atoms with Gasteiger partial charge in [0.15, 0.2) is 0 Å². The molecule has 0 aliphatic rings. The van der Waals surface area contributed by atoms with Crippen molar-refractivity contribution in [2.24, 2.45) is 0 Å². The lowest BCUT2D eigenvalue weighted by atomic mass is 10.1. The first-order chi connectivity index (χ1) is 18.9. The van der Waals surface area contributed by atoms with Crippen molar-refractivity contribution in [1.82, 2.24) is 10.2 Å². The molecule has 0 heterocycles. The molecule has 0 aromatic heterocycles. The highest BCUT2D eigenvalue weighted by Crippen LogP contribution is 2.28. The Morgan fingerprint density at radius 1 is 0.850 bits per heavy atom. The zero-order chi connectivity index (χ0) is 29.4. The summed E-state index contributed by atoms with van der Waals surface area (Å²) in [5.41, 5.74) is 5.01. The van der Waals surface area contributed by atoms with Crippen LogP contribution in [0.2, 0.25) is 0 Å². The molecular formula is C32H41N3O4S. The fourth-order valence-electron chi connectivity index (χ4n) is 4.44. The average molecular weight is 564 g/mol. The molecule has 0 aliphatic carbocycles. The highest BCUT2D eigenvalue weighted by atomic mass is 32.2. The molecule has 2 amide bonds. The summed E-state index contributed by atoms with van der Waals surface area (Å²) in [6.07, 6.45) is 1.77. The minimum absolute atomic E-state index is 0.0984. The first kappa shape index (κ1) is 30.9. The van der Waals surface area contributed by atoms with Gasteiger partial charge in [-0.3, -0.25) is 13.9 Å². The largest absolute Gasteiger partial charge is 0.354 e. The van der Waals surface area contributed by atoms with Gasteiger partial charge in [0.25, 0.3) is 10.0 Å². The predicted molar refractivity (Wildman–Crippen MR) is 161 cm³/mol. The minimum Gasteiger partial charge on any atom is -0.354 e. The van der Waals surface area contributed by atoms with Crippen molar-refractivity contribution in [2.45, 2.75) is 71.9 Å². The lowest BCUT2D eigenvalue weighted by Gasteiger charge is -2.32. The van der Waals surface area contributed by atoms with Gasteiger partial charge in [0.05, 0.1) is 10.6 Å². The highest BCUT2D eigenvalue weighted by molar-refractivity contribution is 7.92. The molecule has 0 spiro atoms. The number of unbranched alkanes of at least 4 members (excludes halogenated alkanes) is 1. The van der Waals surface area contributed by atoms with E-state index in [4.69, 9.17) is 0 Å². The monoisotopic (exact) mass is 563 g/mol. The van der Waals surface area contributed by atoms with Crippen LogP contribution in [0.25, 0.3) is 0 Å². The van der Waals surface area contributed by atoms with Gasteiger partial charge in [0.2, 0.25) is 11.8 Å². The fourth-order valence-corrected chi connectivity index (χ4v) is 5.92. The van der Waals surface area contributed by atoms with E-state index in [9.17, 15) is 18.0 Å². The molecule has 40 heavy (non-hydrogen) atoms. The Hall–Kier alpha value is -3.65. The van der Waals surface area contributed by atoms with Crippen LogP contribution in [-0.2, 0) is 26.2 Å². The molecule has 3 rings (SSSR count). The van der Waals surface area contributed by atoms with Crippen LogP contribution in [0.15, 0.2) is 71.6 Å². The Balaban J connectivity index is 2.03. The molecule has 0 radical (unpaired) electrons. The van der Waals surface area contributed by atoms with Crippen molar-refractivity contribution < 1.29 is 18.0 Å². The Kier molecular flexibility index (Phi) is 10.5. The van der Waals surface area contributed by atoms with Crippen LogP contribution < -0.4 is 9.62 Å². The summed E-state index contributed by atoms with van der Waals surface area (Å²) >= 11 is 0. The third-order valence-corrected chi connectivity index (χ3v) is 8.75. The summed E-state index contributed by atoms with van der Waals surface area (Å²) in [6, 6.07) is 19.0. The van der Waals surface area contributed by atoms with Crippen molar-refractivity contribution in [3.05, 3.63) is 94.5 Å². The topological polar surface area (TPSA) is 86.8 Å². The lowest BCUT2D eigenvalue weighted by Crippen LogP contribution is -2.51. The zero-order valence-electron chi connectivity index (χ0n) is 24.4. The molecule has 0 bridgehead atoms. The van der Waals surface area contributed by atoms with E-state index in [1.165, 1.54) is 9.21 Å². The molecular weight excluding hydrogens is 522 g/mol. The highest BCUT2D eigenvalue weighted by Gasteiger charge is 2.33. The fraction of sp³-hybridized carbons (Fsp3) is 0.375. The molecule has 1 N–H and O–H groups in total. The van der Waals surface area contributed by atoms with E-state index in [0.717, 1.165) is 40.7 Å². The molecule has 1 atom stereocenters. The van der Waals surface area contributed by atoms with Gasteiger partial charge < -0.3 is 10.2 Å². The number of benzene rings is 3. The molecule has 3 aromatic carbocycles. The average Bonchev–Trinajstić information content (AvgIpc) is 2.91. The van der Waals surface area contributed by atoms with Crippen LogP contribution in [0.5, 0.6) is 0 Å². The summed E-state index contributed by atoms with van der Waals surface area (Å²) in [6.45, 7) is 11.6. The maximum Gasteiger partial charge on any atom is 0.264 e.